The number of rotatable bonds is 5. The molecule has 1 aliphatic heterocycles. The summed E-state index contributed by atoms with van der Waals surface area (Å²) in [5.41, 5.74) is 2.51. The summed E-state index contributed by atoms with van der Waals surface area (Å²) in [5.74, 6) is 0.926. The lowest BCUT2D eigenvalue weighted by atomic mass is 9.93. The van der Waals surface area contributed by atoms with E-state index in [-0.39, 0.29) is 0 Å². The topological polar surface area (TPSA) is 35.9 Å². The predicted molar refractivity (Wildman–Crippen MR) is 118 cm³/mol. The van der Waals surface area contributed by atoms with E-state index in [0.717, 1.165) is 36.5 Å². The molecule has 0 amide bonds. The van der Waals surface area contributed by atoms with Crippen molar-refractivity contribution in [3.05, 3.63) is 77.4 Å². The van der Waals surface area contributed by atoms with Crippen LogP contribution in [0.4, 0.5) is 0 Å². The first kappa shape index (κ1) is 19.9. The van der Waals surface area contributed by atoms with Gasteiger partial charge in [0.1, 0.15) is 12.4 Å². The molecule has 1 aliphatic rings. The van der Waals surface area contributed by atoms with Crippen LogP contribution in [0.3, 0.4) is 0 Å². The van der Waals surface area contributed by atoms with Gasteiger partial charge in [-0.1, -0.05) is 48.5 Å². The van der Waals surface area contributed by atoms with Crippen LogP contribution >= 0.6 is 0 Å². The fourth-order valence-electron chi connectivity index (χ4n) is 4.30. The predicted octanol–water partition coefficient (Wildman–Crippen LogP) is 4.00. The molecule has 29 heavy (non-hydrogen) atoms. The average molecular weight is 391 g/mol. The van der Waals surface area contributed by atoms with Crippen LogP contribution in [-0.2, 0) is 18.7 Å². The Bertz CT molecular complexity index is 992. The second-order valence-electron chi connectivity index (χ2n) is 8.53. The van der Waals surface area contributed by atoms with E-state index in [4.69, 9.17) is 4.74 Å². The molecule has 0 aromatic heterocycles. The number of benzene rings is 3. The number of hydrogen-bond acceptors (Lipinski definition) is 4. The smallest absolute Gasteiger partial charge is 0.123 e. The number of hydrogen-bond donors (Lipinski definition) is 1. The second kappa shape index (κ2) is 8.15. The molecule has 0 saturated carbocycles. The second-order valence-corrected chi connectivity index (χ2v) is 8.53. The summed E-state index contributed by atoms with van der Waals surface area (Å²) < 4.78 is 6.02. The van der Waals surface area contributed by atoms with Gasteiger partial charge in [-0.3, -0.25) is 4.90 Å². The maximum absolute atomic E-state index is 11.0. The van der Waals surface area contributed by atoms with E-state index in [1.165, 1.54) is 16.3 Å². The van der Waals surface area contributed by atoms with Gasteiger partial charge in [0.2, 0.25) is 0 Å². The van der Waals surface area contributed by atoms with Gasteiger partial charge in [-0.05, 0) is 55.1 Å². The fourth-order valence-corrected chi connectivity index (χ4v) is 4.30. The summed E-state index contributed by atoms with van der Waals surface area (Å²) >= 11 is 0. The highest BCUT2D eigenvalue weighted by Crippen LogP contribution is 2.30. The number of ether oxygens (including phenoxy) is 1. The third-order valence-electron chi connectivity index (χ3n) is 5.64. The lowest BCUT2D eigenvalue weighted by molar-refractivity contribution is 0.0299. The molecule has 1 heterocycles. The number of fused-ring (bicyclic) bond motifs is 2. The Morgan fingerprint density at radius 3 is 2.69 bits per heavy atom. The number of likely N-dealkylation sites (N-methyl/N-ethyl adjacent to an activating group) is 1. The van der Waals surface area contributed by atoms with Crippen molar-refractivity contribution < 1.29 is 9.84 Å². The molecule has 0 aliphatic carbocycles. The average Bonchev–Trinajstić information content (AvgIpc) is 2.88. The third-order valence-corrected chi connectivity index (χ3v) is 5.64. The van der Waals surface area contributed by atoms with Crippen LogP contribution in [-0.4, -0.2) is 48.7 Å². The number of aliphatic hydroxyl groups is 1. The fraction of sp³-hybridized carbons (Fsp3) is 0.360. The molecular formula is C25H30N2O2. The Labute approximate surface area is 173 Å². The Kier molecular flexibility index (Phi) is 5.59. The zero-order chi connectivity index (χ0) is 20.4. The highest BCUT2D eigenvalue weighted by molar-refractivity contribution is 5.85. The van der Waals surface area contributed by atoms with E-state index in [2.05, 4.69) is 53.4 Å². The van der Waals surface area contributed by atoms with Crippen LogP contribution in [0.2, 0.25) is 0 Å². The van der Waals surface area contributed by atoms with Crippen LogP contribution in [0, 0.1) is 0 Å². The highest BCUT2D eigenvalue weighted by Gasteiger charge is 2.26. The molecule has 0 fully saturated rings. The van der Waals surface area contributed by atoms with Crippen molar-refractivity contribution in [3.8, 4) is 5.75 Å². The van der Waals surface area contributed by atoms with Gasteiger partial charge in [0.25, 0.3) is 0 Å². The zero-order valence-corrected chi connectivity index (χ0v) is 17.6. The lowest BCUT2D eigenvalue weighted by Crippen LogP contribution is -2.34. The van der Waals surface area contributed by atoms with Gasteiger partial charge in [-0.25, -0.2) is 0 Å². The molecule has 152 valence electrons. The largest absolute Gasteiger partial charge is 0.492 e. The summed E-state index contributed by atoms with van der Waals surface area (Å²) in [7, 11) is 3.96. The first-order chi connectivity index (χ1) is 13.9. The van der Waals surface area contributed by atoms with Gasteiger partial charge >= 0.3 is 0 Å². The van der Waals surface area contributed by atoms with E-state index in [0.29, 0.717) is 13.2 Å². The molecule has 0 bridgehead atoms. The summed E-state index contributed by atoms with van der Waals surface area (Å²) in [6.07, 6.45) is 0. The standard InChI is InChI=1S/C25H30N2O2/c1-25(28,18-26(2)3)22-11-12-24-21(15-22)17-27(13-14-29-24)16-20-9-6-8-19-7-4-5-10-23(19)20/h4-12,15,28H,13-14,16-18H2,1-3H3/t25-/m1/s1. The number of nitrogens with zero attached hydrogens (tertiary/aromatic N) is 2. The zero-order valence-electron chi connectivity index (χ0n) is 17.6. The first-order valence-electron chi connectivity index (χ1n) is 10.2. The van der Waals surface area contributed by atoms with Crippen LogP contribution < -0.4 is 4.74 Å². The minimum atomic E-state index is -0.898. The van der Waals surface area contributed by atoms with Gasteiger partial charge < -0.3 is 14.7 Å². The van der Waals surface area contributed by atoms with Gasteiger partial charge in [0.05, 0.1) is 5.60 Å². The van der Waals surface area contributed by atoms with Crippen LogP contribution in [0.5, 0.6) is 5.75 Å². The Hall–Kier alpha value is -2.40. The summed E-state index contributed by atoms with van der Waals surface area (Å²) in [4.78, 5) is 4.44. The van der Waals surface area contributed by atoms with Crippen molar-refractivity contribution >= 4 is 10.8 Å². The van der Waals surface area contributed by atoms with E-state index < -0.39 is 5.60 Å². The van der Waals surface area contributed by atoms with E-state index in [1.54, 1.807) is 0 Å². The molecule has 4 rings (SSSR count). The van der Waals surface area contributed by atoms with Crippen molar-refractivity contribution in [1.82, 2.24) is 9.80 Å². The van der Waals surface area contributed by atoms with Gasteiger partial charge in [-0.15, -0.1) is 0 Å². The molecule has 3 aromatic carbocycles. The lowest BCUT2D eigenvalue weighted by Gasteiger charge is -2.28. The quantitative estimate of drug-likeness (QED) is 0.714. The molecule has 4 heteroatoms. The minimum Gasteiger partial charge on any atom is -0.492 e. The van der Waals surface area contributed by atoms with Crippen molar-refractivity contribution in [2.24, 2.45) is 0 Å². The minimum absolute atomic E-state index is 0.576. The third kappa shape index (κ3) is 4.45. The maximum atomic E-state index is 11.0. The molecule has 0 spiro atoms. The van der Waals surface area contributed by atoms with Gasteiger partial charge in [0.15, 0.2) is 0 Å². The van der Waals surface area contributed by atoms with E-state index >= 15 is 0 Å². The Balaban J connectivity index is 1.59. The molecule has 4 nitrogen and oxygen atoms in total. The molecule has 0 saturated heterocycles. The van der Waals surface area contributed by atoms with Gasteiger partial charge in [0, 0.05) is 31.7 Å². The Morgan fingerprint density at radius 1 is 1.07 bits per heavy atom. The van der Waals surface area contributed by atoms with Crippen molar-refractivity contribution in [2.45, 2.75) is 25.6 Å². The monoisotopic (exact) mass is 390 g/mol. The highest BCUT2D eigenvalue weighted by atomic mass is 16.5. The SMILES string of the molecule is CN(C)C[C@@](C)(O)c1ccc2c(c1)CN(Cc1cccc3ccccc13)CCO2. The van der Waals surface area contributed by atoms with E-state index in [1.807, 2.05) is 38.1 Å². The maximum Gasteiger partial charge on any atom is 0.123 e. The summed E-state index contributed by atoms with van der Waals surface area (Å²) in [6.45, 7) is 5.69. The van der Waals surface area contributed by atoms with Crippen LogP contribution in [0.25, 0.3) is 10.8 Å². The molecule has 0 unspecified atom stereocenters. The van der Waals surface area contributed by atoms with Crippen molar-refractivity contribution in [1.29, 1.82) is 0 Å². The molecule has 1 atom stereocenters. The summed E-state index contributed by atoms with van der Waals surface area (Å²) in [6, 6.07) is 21.2. The first-order valence-corrected chi connectivity index (χ1v) is 10.2. The van der Waals surface area contributed by atoms with Crippen LogP contribution in [0.1, 0.15) is 23.6 Å². The van der Waals surface area contributed by atoms with Crippen molar-refractivity contribution in [3.63, 3.8) is 0 Å². The molecule has 0 radical (unpaired) electrons. The Morgan fingerprint density at radius 2 is 1.86 bits per heavy atom. The molecular weight excluding hydrogens is 360 g/mol. The normalized spacial score (nSPS) is 16.9. The summed E-state index contributed by atoms with van der Waals surface area (Å²) in [5, 5.41) is 13.5. The van der Waals surface area contributed by atoms with Crippen molar-refractivity contribution in [2.75, 3.05) is 33.8 Å². The molecule has 1 N–H and O–H groups in total. The van der Waals surface area contributed by atoms with Gasteiger partial charge in [-0.2, -0.15) is 0 Å². The van der Waals surface area contributed by atoms with Crippen LogP contribution in [0.15, 0.2) is 60.7 Å². The van der Waals surface area contributed by atoms with E-state index in [9.17, 15) is 5.11 Å². The molecule has 3 aromatic rings.